The first-order chi connectivity index (χ1) is 25.9. The van der Waals surface area contributed by atoms with Crippen LogP contribution in [-0.2, 0) is 25.5 Å². The third kappa shape index (κ3) is 10.8. The second kappa shape index (κ2) is 17.4. The Balaban J connectivity index is 1.09. The molecule has 286 valence electrons. The fourth-order valence-corrected chi connectivity index (χ4v) is 7.45. The molecule has 12 nitrogen and oxygen atoms in total. The molecular formula is C42H53N7O5. The van der Waals surface area contributed by atoms with Crippen LogP contribution in [0.25, 0.3) is 11.1 Å². The van der Waals surface area contributed by atoms with Crippen molar-refractivity contribution in [3.05, 3.63) is 78.0 Å². The highest BCUT2D eigenvalue weighted by Crippen LogP contribution is 2.32. The number of amidine groups is 1. The van der Waals surface area contributed by atoms with E-state index in [0.29, 0.717) is 31.2 Å². The molecule has 2 aromatic carbocycles. The van der Waals surface area contributed by atoms with Crippen LogP contribution in [0.15, 0.2) is 82.1 Å². The first-order valence-corrected chi connectivity index (χ1v) is 19.2. The van der Waals surface area contributed by atoms with Crippen molar-refractivity contribution in [1.82, 2.24) is 10.3 Å². The predicted molar refractivity (Wildman–Crippen MR) is 210 cm³/mol. The molecule has 0 bridgehead atoms. The summed E-state index contributed by atoms with van der Waals surface area (Å²) in [6.07, 6.45) is 5.52. The summed E-state index contributed by atoms with van der Waals surface area (Å²) in [5.74, 6) is 1.05. The summed E-state index contributed by atoms with van der Waals surface area (Å²) in [7, 11) is 0. The number of nitrogens with one attached hydrogen (secondary N) is 2. The second-order valence-corrected chi connectivity index (χ2v) is 15.9. The average molecular weight is 736 g/mol. The molecule has 3 aliphatic rings. The molecule has 2 amide bonds. The van der Waals surface area contributed by atoms with Gasteiger partial charge >= 0.3 is 6.09 Å². The summed E-state index contributed by atoms with van der Waals surface area (Å²) in [5, 5.41) is 13.9. The van der Waals surface area contributed by atoms with Gasteiger partial charge in [0, 0.05) is 60.9 Å². The van der Waals surface area contributed by atoms with Crippen molar-refractivity contribution in [2.75, 3.05) is 36.5 Å². The fourth-order valence-electron chi connectivity index (χ4n) is 7.45. The molecule has 12 heteroatoms. The van der Waals surface area contributed by atoms with Crippen LogP contribution in [-0.4, -0.2) is 72.7 Å². The first kappa shape index (κ1) is 38.7. The van der Waals surface area contributed by atoms with Gasteiger partial charge in [0.15, 0.2) is 12.5 Å². The first-order valence-electron chi connectivity index (χ1n) is 19.2. The zero-order chi connectivity index (χ0) is 38.2. The van der Waals surface area contributed by atoms with Crippen molar-refractivity contribution in [2.24, 2.45) is 33.0 Å². The Morgan fingerprint density at radius 3 is 2.17 bits per heavy atom. The van der Waals surface area contributed by atoms with E-state index in [2.05, 4.69) is 68.9 Å². The van der Waals surface area contributed by atoms with E-state index in [-0.39, 0.29) is 42.2 Å². The quantitative estimate of drug-likeness (QED) is 0.195. The summed E-state index contributed by atoms with van der Waals surface area (Å²) >= 11 is 0. The van der Waals surface area contributed by atoms with E-state index in [4.69, 9.17) is 14.5 Å². The monoisotopic (exact) mass is 735 g/mol. The molecular weight excluding hydrogens is 683 g/mol. The van der Waals surface area contributed by atoms with Crippen LogP contribution in [0.3, 0.4) is 0 Å². The zero-order valence-electron chi connectivity index (χ0n) is 32.1. The molecule has 1 saturated carbocycles. The van der Waals surface area contributed by atoms with Gasteiger partial charge in [0.1, 0.15) is 17.2 Å². The predicted octanol–water partition coefficient (Wildman–Crippen LogP) is 7.62. The Kier molecular flexibility index (Phi) is 12.5. The average Bonchev–Trinajstić information content (AvgIpc) is 3.69. The van der Waals surface area contributed by atoms with Crippen LogP contribution in [0.5, 0.6) is 0 Å². The number of azo groups is 1. The lowest BCUT2D eigenvalue weighted by Gasteiger charge is -2.36. The third-order valence-electron chi connectivity index (χ3n) is 10.2. The lowest BCUT2D eigenvalue weighted by Crippen LogP contribution is -2.45. The SMILES string of the molecule is CC1CN(c2ccc(-c3ccc(C[C@H](CC(=O)C4CCC(CNC(=O)OC(C)(C)C)CC4)C(=O)Nc4ccc(C5=NCN=N5)cc4)cc3)cn2)CC(C)O1. The van der Waals surface area contributed by atoms with Gasteiger partial charge in [-0.3, -0.25) is 9.59 Å². The topological polar surface area (TPSA) is 147 Å². The molecule has 3 atom stereocenters. The van der Waals surface area contributed by atoms with Gasteiger partial charge in [-0.05, 0) is 120 Å². The molecule has 1 aromatic heterocycles. The number of carbonyl (C=O) groups is 3. The molecule has 6 rings (SSSR count). The number of hydrogen-bond donors (Lipinski definition) is 2. The van der Waals surface area contributed by atoms with Gasteiger partial charge in [-0.15, -0.1) is 5.11 Å². The smallest absolute Gasteiger partial charge is 0.407 e. The van der Waals surface area contributed by atoms with Crippen LogP contribution >= 0.6 is 0 Å². The van der Waals surface area contributed by atoms with E-state index in [1.807, 2.05) is 63.4 Å². The minimum Gasteiger partial charge on any atom is -0.444 e. The fraction of sp³-hybridized carbons (Fsp3) is 0.500. The van der Waals surface area contributed by atoms with E-state index in [1.54, 1.807) is 0 Å². The van der Waals surface area contributed by atoms with Gasteiger partial charge < -0.3 is 25.0 Å². The molecule has 3 heterocycles. The van der Waals surface area contributed by atoms with E-state index >= 15 is 0 Å². The number of anilines is 2. The second-order valence-electron chi connectivity index (χ2n) is 15.9. The molecule has 2 fully saturated rings. The van der Waals surface area contributed by atoms with Crippen molar-refractivity contribution in [3.8, 4) is 11.1 Å². The number of aromatic nitrogens is 1. The van der Waals surface area contributed by atoms with Gasteiger partial charge in [-0.1, -0.05) is 24.3 Å². The van der Waals surface area contributed by atoms with E-state index in [1.165, 1.54) is 0 Å². The van der Waals surface area contributed by atoms with Crippen LogP contribution in [0.4, 0.5) is 16.3 Å². The third-order valence-corrected chi connectivity index (χ3v) is 10.2. The molecule has 54 heavy (non-hydrogen) atoms. The normalized spacial score (nSPS) is 21.9. The number of ketones is 1. The summed E-state index contributed by atoms with van der Waals surface area (Å²) in [5.41, 5.74) is 3.93. The largest absolute Gasteiger partial charge is 0.444 e. The number of aliphatic imine (C=N–C) groups is 1. The Hall–Kier alpha value is -4.97. The van der Waals surface area contributed by atoms with Crippen LogP contribution in [0, 0.1) is 17.8 Å². The van der Waals surface area contributed by atoms with Gasteiger partial charge in [-0.2, -0.15) is 5.11 Å². The molecule has 3 aromatic rings. The number of alkyl carbamates (subject to hydrolysis) is 1. The van der Waals surface area contributed by atoms with Crippen LogP contribution < -0.4 is 15.5 Å². The van der Waals surface area contributed by atoms with Crippen LogP contribution in [0.1, 0.15) is 77.8 Å². The maximum absolute atomic E-state index is 13.9. The summed E-state index contributed by atoms with van der Waals surface area (Å²) in [6, 6.07) is 19.7. The number of morpholine rings is 1. The Bertz CT molecular complexity index is 1800. The van der Waals surface area contributed by atoms with Gasteiger partial charge in [0.2, 0.25) is 5.91 Å². The lowest BCUT2D eigenvalue weighted by atomic mass is 9.77. The van der Waals surface area contributed by atoms with Crippen molar-refractivity contribution >= 4 is 35.1 Å². The highest BCUT2D eigenvalue weighted by Gasteiger charge is 2.31. The molecule has 2 N–H and O–H groups in total. The number of pyridine rings is 1. The van der Waals surface area contributed by atoms with Crippen molar-refractivity contribution in [2.45, 2.75) is 91.0 Å². The highest BCUT2D eigenvalue weighted by atomic mass is 16.6. The van der Waals surface area contributed by atoms with Crippen molar-refractivity contribution < 1.29 is 23.9 Å². The number of rotatable bonds is 12. The van der Waals surface area contributed by atoms with Crippen molar-refractivity contribution in [1.29, 1.82) is 0 Å². The van der Waals surface area contributed by atoms with Gasteiger partial charge in [0.25, 0.3) is 0 Å². The molecule has 2 aliphatic heterocycles. The molecule has 0 radical (unpaired) electrons. The minimum absolute atomic E-state index is 0.111. The van der Waals surface area contributed by atoms with Gasteiger partial charge in [-0.25, -0.2) is 14.8 Å². The summed E-state index contributed by atoms with van der Waals surface area (Å²) < 4.78 is 11.3. The van der Waals surface area contributed by atoms with E-state index < -0.39 is 17.6 Å². The maximum Gasteiger partial charge on any atom is 0.407 e. The minimum atomic E-state index is -0.554. The molecule has 1 saturated heterocycles. The van der Waals surface area contributed by atoms with Crippen molar-refractivity contribution in [3.63, 3.8) is 0 Å². The highest BCUT2D eigenvalue weighted by molar-refractivity contribution is 6.01. The Labute approximate surface area is 318 Å². The number of hydrogen-bond acceptors (Lipinski definition) is 10. The molecule has 2 unspecified atom stereocenters. The number of benzene rings is 2. The summed E-state index contributed by atoms with van der Waals surface area (Å²) in [4.78, 5) is 51.1. The van der Waals surface area contributed by atoms with E-state index in [0.717, 1.165) is 66.8 Å². The molecule has 1 aliphatic carbocycles. The number of carbonyl (C=O) groups excluding carboxylic acids is 3. The van der Waals surface area contributed by atoms with E-state index in [9.17, 15) is 14.4 Å². The number of nitrogens with zero attached hydrogens (tertiary/aromatic N) is 5. The lowest BCUT2D eigenvalue weighted by molar-refractivity contribution is -0.129. The number of Topliss-reactive ketones (excluding diaryl/α,β-unsaturated/α-hetero) is 1. The Morgan fingerprint density at radius 2 is 1.56 bits per heavy atom. The molecule has 0 spiro atoms. The maximum atomic E-state index is 13.9. The summed E-state index contributed by atoms with van der Waals surface area (Å²) in [6.45, 7) is 12.2. The van der Waals surface area contributed by atoms with Crippen LogP contribution in [0.2, 0.25) is 0 Å². The zero-order valence-corrected chi connectivity index (χ0v) is 32.1. The number of ether oxygens (including phenoxy) is 2. The number of amides is 2. The van der Waals surface area contributed by atoms with Gasteiger partial charge in [0.05, 0.1) is 12.2 Å². The standard InChI is InChI=1S/C42H53N7O5/c1-27-24-49(25-28(2)53-27)38-19-16-34(23-43-38)31-10-6-29(7-11-31)20-35(40(51)47-36-17-14-33(15-18-36)39-45-26-46-48-39)21-37(50)32-12-8-30(9-13-32)22-44-41(52)54-42(3,4)5/h6-7,10-11,14-19,23,27-28,30,32,35H,8-9,12-13,20-22,24-26H2,1-5H3,(H,44,52)(H,47,51)/t27?,28?,30?,32?,35-/m1/s1. The Morgan fingerprint density at radius 1 is 0.889 bits per heavy atom.